The predicted octanol–water partition coefficient (Wildman–Crippen LogP) is 3.99. The van der Waals surface area contributed by atoms with Gasteiger partial charge in [0.15, 0.2) is 5.96 Å². The van der Waals surface area contributed by atoms with Crippen molar-refractivity contribution in [1.29, 1.82) is 0 Å². The number of likely N-dealkylation sites (tertiary alicyclic amines) is 1. The maximum Gasteiger partial charge on any atom is 0.193 e. The van der Waals surface area contributed by atoms with E-state index in [2.05, 4.69) is 40.5 Å². The molecular formula is C23H32IN3O2. The third-order valence-electron chi connectivity index (χ3n) is 5.71. The molecule has 29 heavy (non-hydrogen) atoms. The molecule has 5 nitrogen and oxygen atoms in total. The topological polar surface area (TPSA) is 50.0 Å². The summed E-state index contributed by atoms with van der Waals surface area (Å²) in [4.78, 5) is 7.40. The quantitative estimate of drug-likeness (QED) is 0.349. The Kier molecular flexibility index (Phi) is 8.86. The van der Waals surface area contributed by atoms with E-state index in [1.54, 1.807) is 6.26 Å². The zero-order valence-corrected chi connectivity index (χ0v) is 19.3. The molecule has 0 radical (unpaired) electrons. The molecular weight excluding hydrogens is 477 g/mol. The van der Waals surface area contributed by atoms with Gasteiger partial charge in [0.25, 0.3) is 0 Å². The summed E-state index contributed by atoms with van der Waals surface area (Å²) < 4.78 is 11.0. The van der Waals surface area contributed by atoms with E-state index >= 15 is 0 Å². The smallest absolute Gasteiger partial charge is 0.193 e. The third-order valence-corrected chi connectivity index (χ3v) is 5.71. The molecule has 1 aromatic carbocycles. The van der Waals surface area contributed by atoms with Gasteiger partial charge in [-0.3, -0.25) is 4.99 Å². The zero-order chi connectivity index (χ0) is 19.0. The van der Waals surface area contributed by atoms with Gasteiger partial charge in [-0.15, -0.1) is 24.0 Å². The highest BCUT2D eigenvalue weighted by Gasteiger charge is 2.25. The molecule has 0 amide bonds. The molecule has 3 heterocycles. The number of guanidine groups is 1. The first-order chi connectivity index (χ1) is 13.9. The Hall–Kier alpha value is -1.54. The number of nitrogens with one attached hydrogen (secondary N) is 1. The first-order valence-electron chi connectivity index (χ1n) is 10.5. The molecule has 0 aliphatic carbocycles. The SMILES string of the molecule is I.c1ccc(CC2CCN(C(=NCC3CCOC3)NCCc3ccco3)C2)cc1. The molecule has 0 spiro atoms. The Morgan fingerprint density at radius 1 is 1.10 bits per heavy atom. The molecule has 2 unspecified atom stereocenters. The van der Waals surface area contributed by atoms with Gasteiger partial charge in [0.2, 0.25) is 0 Å². The first-order valence-corrected chi connectivity index (χ1v) is 10.5. The van der Waals surface area contributed by atoms with Crippen molar-refractivity contribution in [1.82, 2.24) is 10.2 Å². The van der Waals surface area contributed by atoms with Crippen LogP contribution in [0.5, 0.6) is 0 Å². The van der Waals surface area contributed by atoms with Crippen LogP contribution < -0.4 is 5.32 Å². The summed E-state index contributed by atoms with van der Waals surface area (Å²) in [5.41, 5.74) is 1.43. The number of hydrogen-bond acceptors (Lipinski definition) is 3. The van der Waals surface area contributed by atoms with Crippen molar-refractivity contribution >= 4 is 29.9 Å². The number of nitrogens with zero attached hydrogens (tertiary/aromatic N) is 2. The van der Waals surface area contributed by atoms with Crippen LogP contribution in [-0.4, -0.2) is 50.3 Å². The van der Waals surface area contributed by atoms with Crippen molar-refractivity contribution in [3.63, 3.8) is 0 Å². The molecule has 1 N–H and O–H groups in total. The fourth-order valence-corrected chi connectivity index (χ4v) is 4.10. The third kappa shape index (κ3) is 6.74. The second-order valence-electron chi connectivity index (χ2n) is 7.94. The summed E-state index contributed by atoms with van der Waals surface area (Å²) in [6.45, 7) is 5.56. The average molecular weight is 509 g/mol. The van der Waals surface area contributed by atoms with E-state index in [1.807, 2.05) is 12.1 Å². The van der Waals surface area contributed by atoms with E-state index in [0.29, 0.717) is 11.8 Å². The number of ether oxygens (including phenoxy) is 1. The average Bonchev–Trinajstić information content (AvgIpc) is 3.48. The summed E-state index contributed by atoms with van der Waals surface area (Å²) >= 11 is 0. The lowest BCUT2D eigenvalue weighted by Gasteiger charge is -2.23. The standard InChI is InChI=1S/C23H31N3O2.HI/c1-2-5-19(6-3-1)15-20-9-12-26(17-20)23(25-16-21-10-14-27-18-21)24-11-8-22-7-4-13-28-22;/h1-7,13,20-21H,8-12,14-18H2,(H,24,25);1H. The van der Waals surface area contributed by atoms with E-state index < -0.39 is 0 Å². The van der Waals surface area contributed by atoms with Crippen molar-refractivity contribution in [3.8, 4) is 0 Å². The van der Waals surface area contributed by atoms with Crippen LogP contribution in [0.15, 0.2) is 58.1 Å². The molecule has 0 saturated carbocycles. The molecule has 2 saturated heterocycles. The Bertz CT molecular complexity index is 730. The van der Waals surface area contributed by atoms with Gasteiger partial charge < -0.3 is 19.4 Å². The van der Waals surface area contributed by atoms with E-state index in [-0.39, 0.29) is 24.0 Å². The summed E-state index contributed by atoms with van der Waals surface area (Å²) in [5, 5.41) is 3.58. The van der Waals surface area contributed by atoms with E-state index in [9.17, 15) is 0 Å². The number of aliphatic imine (C=N–C) groups is 1. The second-order valence-corrected chi connectivity index (χ2v) is 7.94. The van der Waals surface area contributed by atoms with Crippen LogP contribution >= 0.6 is 24.0 Å². The Labute approximate surface area is 190 Å². The van der Waals surface area contributed by atoms with Crippen molar-refractivity contribution in [2.24, 2.45) is 16.8 Å². The highest BCUT2D eigenvalue weighted by molar-refractivity contribution is 14.0. The summed E-state index contributed by atoms with van der Waals surface area (Å²) in [6, 6.07) is 14.8. The first kappa shape index (κ1) is 22.2. The molecule has 2 atom stereocenters. The van der Waals surface area contributed by atoms with Crippen molar-refractivity contribution in [2.45, 2.75) is 25.7 Å². The minimum absolute atomic E-state index is 0. The minimum atomic E-state index is 0. The zero-order valence-electron chi connectivity index (χ0n) is 17.0. The fourth-order valence-electron chi connectivity index (χ4n) is 4.10. The molecule has 2 aliphatic heterocycles. The Morgan fingerprint density at radius 3 is 2.76 bits per heavy atom. The van der Waals surface area contributed by atoms with Gasteiger partial charge >= 0.3 is 0 Å². The number of hydrogen-bond donors (Lipinski definition) is 1. The van der Waals surface area contributed by atoms with Crippen LogP contribution in [0.25, 0.3) is 0 Å². The Morgan fingerprint density at radius 2 is 2.00 bits per heavy atom. The maximum atomic E-state index is 5.51. The molecule has 6 heteroatoms. The number of halogens is 1. The number of furan rings is 1. The molecule has 2 fully saturated rings. The van der Waals surface area contributed by atoms with Crippen LogP contribution in [0, 0.1) is 11.8 Å². The largest absolute Gasteiger partial charge is 0.469 e. The van der Waals surface area contributed by atoms with Crippen molar-refractivity contribution < 1.29 is 9.15 Å². The number of benzene rings is 1. The van der Waals surface area contributed by atoms with Gasteiger partial charge in [-0.05, 0) is 42.9 Å². The summed E-state index contributed by atoms with van der Waals surface area (Å²) in [7, 11) is 0. The molecule has 4 rings (SSSR count). The second kappa shape index (κ2) is 11.6. The van der Waals surface area contributed by atoms with Crippen LogP contribution in [-0.2, 0) is 17.6 Å². The lowest BCUT2D eigenvalue weighted by molar-refractivity contribution is 0.187. The predicted molar refractivity (Wildman–Crippen MR) is 127 cm³/mol. The van der Waals surface area contributed by atoms with E-state index in [0.717, 1.165) is 70.4 Å². The van der Waals surface area contributed by atoms with E-state index in [1.165, 1.54) is 12.0 Å². The molecule has 0 bridgehead atoms. The van der Waals surface area contributed by atoms with Gasteiger partial charge in [0, 0.05) is 45.1 Å². The minimum Gasteiger partial charge on any atom is -0.469 e. The molecule has 158 valence electrons. The normalized spacial score (nSPS) is 21.9. The highest BCUT2D eigenvalue weighted by Crippen LogP contribution is 2.21. The van der Waals surface area contributed by atoms with Gasteiger partial charge in [0.1, 0.15) is 5.76 Å². The van der Waals surface area contributed by atoms with Crippen molar-refractivity contribution in [3.05, 3.63) is 60.1 Å². The van der Waals surface area contributed by atoms with Crippen LogP contribution in [0.3, 0.4) is 0 Å². The lowest BCUT2D eigenvalue weighted by Crippen LogP contribution is -2.41. The molecule has 1 aromatic heterocycles. The van der Waals surface area contributed by atoms with Crippen molar-refractivity contribution in [2.75, 3.05) is 39.4 Å². The van der Waals surface area contributed by atoms with Gasteiger partial charge in [-0.2, -0.15) is 0 Å². The Balaban J connectivity index is 0.00000240. The van der Waals surface area contributed by atoms with Crippen LogP contribution in [0.2, 0.25) is 0 Å². The van der Waals surface area contributed by atoms with Gasteiger partial charge in [-0.1, -0.05) is 30.3 Å². The van der Waals surface area contributed by atoms with Gasteiger partial charge in [0.05, 0.1) is 12.9 Å². The van der Waals surface area contributed by atoms with E-state index in [4.69, 9.17) is 14.1 Å². The summed E-state index contributed by atoms with van der Waals surface area (Å²) in [6.07, 6.45) is 6.10. The maximum absolute atomic E-state index is 5.51. The van der Waals surface area contributed by atoms with Crippen LogP contribution in [0.4, 0.5) is 0 Å². The lowest BCUT2D eigenvalue weighted by atomic mass is 9.99. The molecule has 2 aliphatic rings. The molecule has 2 aromatic rings. The van der Waals surface area contributed by atoms with Crippen LogP contribution in [0.1, 0.15) is 24.2 Å². The van der Waals surface area contributed by atoms with Gasteiger partial charge in [-0.25, -0.2) is 0 Å². The monoisotopic (exact) mass is 509 g/mol. The highest BCUT2D eigenvalue weighted by atomic mass is 127. The number of rotatable bonds is 7. The summed E-state index contributed by atoms with van der Waals surface area (Å²) in [5.74, 6) is 3.31. The fraction of sp³-hybridized carbons (Fsp3) is 0.522.